The summed E-state index contributed by atoms with van der Waals surface area (Å²) in [7, 11) is 0. The normalized spacial score (nSPS) is 46.7. The van der Waals surface area contributed by atoms with E-state index in [2.05, 4.69) is 20.8 Å². The summed E-state index contributed by atoms with van der Waals surface area (Å²) in [6, 6.07) is 0. The second-order valence-corrected chi connectivity index (χ2v) is 5.77. The summed E-state index contributed by atoms with van der Waals surface area (Å²) in [4.78, 5) is 10.9. The van der Waals surface area contributed by atoms with Crippen LogP contribution >= 0.6 is 0 Å². The first-order chi connectivity index (χ1) is 5.87. The summed E-state index contributed by atoms with van der Waals surface area (Å²) in [5.41, 5.74) is 0.541. The van der Waals surface area contributed by atoms with Crippen LogP contribution in [0.3, 0.4) is 0 Å². The molecule has 3 unspecified atom stereocenters. The molecule has 2 heteroatoms. The maximum absolute atomic E-state index is 10.9. The first-order valence-corrected chi connectivity index (χ1v) is 5.10. The van der Waals surface area contributed by atoms with Gasteiger partial charge in [0, 0.05) is 0 Å². The third-order valence-corrected chi connectivity index (χ3v) is 4.06. The third-order valence-electron chi connectivity index (χ3n) is 4.06. The molecule has 74 valence electrons. The second kappa shape index (κ2) is 2.28. The Morgan fingerprint density at radius 2 is 2.00 bits per heavy atom. The molecule has 2 aliphatic rings. The van der Waals surface area contributed by atoms with Crippen LogP contribution < -0.4 is 0 Å². The lowest BCUT2D eigenvalue weighted by molar-refractivity contribution is -0.139. The van der Waals surface area contributed by atoms with Gasteiger partial charge in [-0.3, -0.25) is 4.79 Å². The summed E-state index contributed by atoms with van der Waals surface area (Å²) in [6.07, 6.45) is 3.22. The Kier molecular flexibility index (Phi) is 1.59. The van der Waals surface area contributed by atoms with E-state index in [1.165, 1.54) is 6.42 Å². The number of hydrogen-bond donors (Lipinski definition) is 1. The minimum atomic E-state index is -0.579. The minimum absolute atomic E-state index is 0.0377. The summed E-state index contributed by atoms with van der Waals surface area (Å²) < 4.78 is 0. The lowest BCUT2D eigenvalue weighted by atomic mass is 9.89. The Morgan fingerprint density at radius 3 is 2.31 bits per heavy atom. The highest BCUT2D eigenvalue weighted by Crippen LogP contribution is 2.69. The number of rotatable bonds is 1. The van der Waals surface area contributed by atoms with E-state index in [4.69, 9.17) is 5.11 Å². The van der Waals surface area contributed by atoms with Gasteiger partial charge in [0.15, 0.2) is 0 Å². The fourth-order valence-electron chi connectivity index (χ4n) is 3.56. The number of carboxylic acids is 1. The van der Waals surface area contributed by atoms with Gasteiger partial charge >= 0.3 is 5.97 Å². The average Bonchev–Trinajstić information content (AvgIpc) is 2.56. The Labute approximate surface area is 79.3 Å². The van der Waals surface area contributed by atoms with Crippen molar-refractivity contribution in [3.63, 3.8) is 0 Å². The fraction of sp³-hybridized carbons (Fsp3) is 0.909. The molecule has 1 spiro atoms. The molecule has 0 aromatic heterocycles. The van der Waals surface area contributed by atoms with Crippen molar-refractivity contribution in [1.29, 1.82) is 0 Å². The zero-order valence-electron chi connectivity index (χ0n) is 8.63. The van der Waals surface area contributed by atoms with Crippen LogP contribution in [0.15, 0.2) is 0 Å². The number of hydrogen-bond acceptors (Lipinski definition) is 1. The quantitative estimate of drug-likeness (QED) is 0.676. The Balaban J connectivity index is 2.16. The maximum Gasteiger partial charge on any atom is 0.307 e. The highest BCUT2D eigenvalue weighted by Gasteiger charge is 2.66. The molecule has 0 saturated heterocycles. The molecule has 0 aromatic rings. The lowest BCUT2D eigenvalue weighted by Gasteiger charge is -2.16. The van der Waals surface area contributed by atoms with E-state index in [0.29, 0.717) is 11.3 Å². The molecule has 0 aromatic carbocycles. The summed E-state index contributed by atoms with van der Waals surface area (Å²) >= 11 is 0. The molecule has 0 aliphatic heterocycles. The number of carbonyl (C=O) groups is 1. The topological polar surface area (TPSA) is 37.3 Å². The van der Waals surface area contributed by atoms with E-state index in [1.807, 2.05) is 0 Å². The van der Waals surface area contributed by atoms with Crippen molar-refractivity contribution in [3.8, 4) is 0 Å². The van der Waals surface area contributed by atoms with E-state index in [0.717, 1.165) is 12.8 Å². The van der Waals surface area contributed by atoms with Crippen LogP contribution in [0.25, 0.3) is 0 Å². The lowest BCUT2D eigenvalue weighted by Crippen LogP contribution is -2.13. The zero-order chi connectivity index (χ0) is 9.85. The molecule has 2 fully saturated rings. The van der Waals surface area contributed by atoms with Gasteiger partial charge in [0.2, 0.25) is 0 Å². The van der Waals surface area contributed by atoms with Crippen molar-refractivity contribution in [2.24, 2.45) is 22.7 Å². The molecule has 2 saturated carbocycles. The van der Waals surface area contributed by atoms with Crippen molar-refractivity contribution in [2.75, 3.05) is 0 Å². The molecule has 2 aliphatic carbocycles. The predicted molar refractivity (Wildman–Crippen MR) is 50.4 cm³/mol. The molecule has 0 radical (unpaired) electrons. The van der Waals surface area contributed by atoms with Gasteiger partial charge in [-0.2, -0.15) is 0 Å². The zero-order valence-corrected chi connectivity index (χ0v) is 8.63. The smallest absolute Gasteiger partial charge is 0.307 e. The minimum Gasteiger partial charge on any atom is -0.481 e. The van der Waals surface area contributed by atoms with Crippen LogP contribution in [0.5, 0.6) is 0 Å². The van der Waals surface area contributed by atoms with Crippen molar-refractivity contribution < 1.29 is 9.90 Å². The van der Waals surface area contributed by atoms with Crippen LogP contribution in [0.4, 0.5) is 0 Å². The largest absolute Gasteiger partial charge is 0.481 e. The number of aliphatic carboxylic acids is 1. The third kappa shape index (κ3) is 1.18. The molecular formula is C11H18O2. The van der Waals surface area contributed by atoms with E-state index in [1.54, 1.807) is 0 Å². The van der Waals surface area contributed by atoms with E-state index in [-0.39, 0.29) is 11.3 Å². The second-order valence-electron chi connectivity index (χ2n) is 5.77. The molecule has 0 amide bonds. The van der Waals surface area contributed by atoms with E-state index in [9.17, 15) is 4.79 Å². The van der Waals surface area contributed by atoms with Crippen molar-refractivity contribution >= 4 is 5.97 Å². The molecule has 13 heavy (non-hydrogen) atoms. The van der Waals surface area contributed by atoms with Gasteiger partial charge in [0.1, 0.15) is 0 Å². The van der Waals surface area contributed by atoms with Crippen LogP contribution in [-0.4, -0.2) is 11.1 Å². The number of carboxylic acid groups (broad SMARTS) is 1. The maximum atomic E-state index is 10.9. The molecule has 0 heterocycles. The highest BCUT2D eigenvalue weighted by molar-refractivity contribution is 5.75. The average molecular weight is 182 g/mol. The SMILES string of the molecule is CC1CC(C)(C)CC12CC2C(=O)O. The standard InChI is InChI=1S/C11H18O2/c1-7-4-10(2,3)6-11(7)5-8(11)9(12)13/h7-8H,4-6H2,1-3H3,(H,12,13). The van der Waals surface area contributed by atoms with Gasteiger partial charge in [-0.1, -0.05) is 20.8 Å². The molecular weight excluding hydrogens is 164 g/mol. The first kappa shape index (κ1) is 9.04. The van der Waals surface area contributed by atoms with Crippen LogP contribution in [0.1, 0.15) is 40.0 Å². The van der Waals surface area contributed by atoms with Gasteiger partial charge in [-0.05, 0) is 36.0 Å². The Hall–Kier alpha value is -0.530. The molecule has 2 rings (SSSR count). The van der Waals surface area contributed by atoms with E-state index < -0.39 is 5.97 Å². The fourth-order valence-corrected chi connectivity index (χ4v) is 3.56. The van der Waals surface area contributed by atoms with Gasteiger partial charge in [-0.25, -0.2) is 0 Å². The van der Waals surface area contributed by atoms with Crippen molar-refractivity contribution in [2.45, 2.75) is 40.0 Å². The first-order valence-electron chi connectivity index (χ1n) is 5.10. The van der Waals surface area contributed by atoms with Gasteiger partial charge < -0.3 is 5.11 Å². The summed E-state index contributed by atoms with van der Waals surface area (Å²) in [5.74, 6) is -0.0163. The monoisotopic (exact) mass is 182 g/mol. The van der Waals surface area contributed by atoms with Gasteiger partial charge in [-0.15, -0.1) is 0 Å². The van der Waals surface area contributed by atoms with Crippen LogP contribution in [-0.2, 0) is 4.79 Å². The summed E-state index contributed by atoms with van der Waals surface area (Å²) in [5, 5.41) is 8.97. The van der Waals surface area contributed by atoms with E-state index >= 15 is 0 Å². The van der Waals surface area contributed by atoms with Gasteiger partial charge in [0.25, 0.3) is 0 Å². The van der Waals surface area contributed by atoms with Gasteiger partial charge in [0.05, 0.1) is 5.92 Å². The molecule has 1 N–H and O–H groups in total. The molecule has 0 bridgehead atoms. The summed E-state index contributed by atoms with van der Waals surface area (Å²) in [6.45, 7) is 6.74. The highest BCUT2D eigenvalue weighted by atomic mass is 16.4. The van der Waals surface area contributed by atoms with Crippen molar-refractivity contribution in [3.05, 3.63) is 0 Å². The predicted octanol–water partition coefficient (Wildman–Crippen LogP) is 2.53. The molecule has 2 nitrogen and oxygen atoms in total. The van der Waals surface area contributed by atoms with Crippen molar-refractivity contribution in [1.82, 2.24) is 0 Å². The van der Waals surface area contributed by atoms with Crippen LogP contribution in [0, 0.1) is 22.7 Å². The van der Waals surface area contributed by atoms with Crippen LogP contribution in [0.2, 0.25) is 0 Å². The Bertz CT molecular complexity index is 257. The Morgan fingerprint density at radius 1 is 1.38 bits per heavy atom. The molecule has 3 atom stereocenters.